The molecule has 0 bridgehead atoms. The van der Waals surface area contributed by atoms with Crippen molar-refractivity contribution < 1.29 is 4.79 Å². The van der Waals surface area contributed by atoms with E-state index >= 15 is 0 Å². The molecule has 1 aromatic carbocycles. The summed E-state index contributed by atoms with van der Waals surface area (Å²) in [5, 5.41) is 3.86. The second-order valence-electron chi connectivity index (χ2n) is 3.44. The Balaban J connectivity index is 2.26. The number of carbonyl (C=O) groups is 1. The summed E-state index contributed by atoms with van der Waals surface area (Å²) in [6, 6.07) is 9.90. The number of pyridine rings is 1. The molecule has 0 aliphatic heterocycles. The van der Waals surface area contributed by atoms with Crippen molar-refractivity contribution in [3.63, 3.8) is 0 Å². The molecule has 3 heteroatoms. The smallest absolute Gasteiger partial charge is 0.217 e. The predicted octanol–water partition coefficient (Wildman–Crippen LogP) is 1.87. The number of nitrogens with one attached hydrogen (secondary N) is 1. The average molecular weight is 200 g/mol. The highest BCUT2D eigenvalue weighted by atomic mass is 16.1. The Hall–Kier alpha value is -1.90. The molecule has 0 saturated carbocycles. The van der Waals surface area contributed by atoms with E-state index in [1.807, 2.05) is 30.3 Å². The van der Waals surface area contributed by atoms with Gasteiger partial charge in [0.1, 0.15) is 0 Å². The normalized spacial score (nSPS) is 10.2. The Morgan fingerprint density at radius 1 is 1.40 bits per heavy atom. The van der Waals surface area contributed by atoms with Gasteiger partial charge >= 0.3 is 0 Å². The van der Waals surface area contributed by atoms with Crippen molar-refractivity contribution in [1.82, 2.24) is 10.3 Å². The number of hydrogen-bond acceptors (Lipinski definition) is 2. The highest BCUT2D eigenvalue weighted by Crippen LogP contribution is 2.12. The number of nitrogens with zero attached hydrogens (tertiary/aromatic N) is 1. The van der Waals surface area contributed by atoms with Gasteiger partial charge in [-0.05, 0) is 23.8 Å². The minimum Gasteiger partial charge on any atom is -0.352 e. The number of hydrogen-bond donors (Lipinski definition) is 1. The van der Waals surface area contributed by atoms with Crippen molar-refractivity contribution in [3.05, 3.63) is 42.1 Å². The molecular formula is C12H12N2O. The minimum atomic E-state index is -0.0127. The van der Waals surface area contributed by atoms with Crippen LogP contribution in [-0.4, -0.2) is 10.9 Å². The quantitative estimate of drug-likeness (QED) is 0.804. The molecule has 76 valence electrons. The lowest BCUT2D eigenvalue weighted by Crippen LogP contribution is -2.18. The van der Waals surface area contributed by atoms with Crippen molar-refractivity contribution in [2.24, 2.45) is 0 Å². The zero-order valence-corrected chi connectivity index (χ0v) is 8.53. The maximum Gasteiger partial charge on any atom is 0.217 e. The first-order valence-electron chi connectivity index (χ1n) is 4.84. The summed E-state index contributed by atoms with van der Waals surface area (Å²) in [4.78, 5) is 15.0. The number of carbonyl (C=O) groups excluding carboxylic acids is 1. The van der Waals surface area contributed by atoms with Crippen LogP contribution in [0.15, 0.2) is 36.5 Å². The van der Waals surface area contributed by atoms with Crippen molar-refractivity contribution in [2.75, 3.05) is 0 Å². The molecule has 2 rings (SSSR count). The molecule has 1 N–H and O–H groups in total. The Morgan fingerprint density at radius 2 is 2.27 bits per heavy atom. The van der Waals surface area contributed by atoms with Gasteiger partial charge in [-0.3, -0.25) is 9.78 Å². The van der Waals surface area contributed by atoms with Crippen LogP contribution < -0.4 is 5.32 Å². The molecule has 0 atom stereocenters. The molecule has 0 aliphatic rings. The van der Waals surface area contributed by atoms with Gasteiger partial charge in [-0.15, -0.1) is 0 Å². The summed E-state index contributed by atoms with van der Waals surface area (Å²) in [7, 11) is 0. The van der Waals surface area contributed by atoms with Crippen LogP contribution >= 0.6 is 0 Å². The molecule has 15 heavy (non-hydrogen) atoms. The second kappa shape index (κ2) is 4.09. The van der Waals surface area contributed by atoms with E-state index in [1.54, 1.807) is 6.20 Å². The summed E-state index contributed by atoms with van der Waals surface area (Å²) in [5.41, 5.74) is 2.06. The van der Waals surface area contributed by atoms with Gasteiger partial charge in [-0.25, -0.2) is 0 Å². The van der Waals surface area contributed by atoms with Crippen molar-refractivity contribution in [2.45, 2.75) is 13.5 Å². The first-order valence-corrected chi connectivity index (χ1v) is 4.84. The molecule has 3 nitrogen and oxygen atoms in total. The van der Waals surface area contributed by atoms with E-state index in [4.69, 9.17) is 0 Å². The highest BCUT2D eigenvalue weighted by molar-refractivity contribution is 5.79. The molecule has 0 unspecified atom stereocenters. The fraction of sp³-hybridized carbons (Fsp3) is 0.167. The number of aromatic nitrogens is 1. The van der Waals surface area contributed by atoms with Gasteiger partial charge in [0.2, 0.25) is 5.91 Å². The van der Waals surface area contributed by atoms with Crippen molar-refractivity contribution >= 4 is 16.8 Å². The molecule has 2 aromatic rings. The molecule has 0 spiro atoms. The molecule has 0 saturated heterocycles. The van der Waals surface area contributed by atoms with Crippen molar-refractivity contribution in [3.8, 4) is 0 Å². The maximum atomic E-state index is 10.8. The third-order valence-corrected chi connectivity index (χ3v) is 2.21. The lowest BCUT2D eigenvalue weighted by atomic mass is 10.1. The van der Waals surface area contributed by atoms with Crippen LogP contribution in [0, 0.1) is 0 Å². The molecule has 1 aromatic heterocycles. The van der Waals surface area contributed by atoms with E-state index in [0.717, 1.165) is 16.5 Å². The molecule has 0 aliphatic carbocycles. The molecule has 0 fully saturated rings. The van der Waals surface area contributed by atoms with Crippen LogP contribution in [0.1, 0.15) is 12.5 Å². The molecular weight excluding hydrogens is 188 g/mol. The summed E-state index contributed by atoms with van der Waals surface area (Å²) >= 11 is 0. The van der Waals surface area contributed by atoms with Gasteiger partial charge in [0.05, 0.1) is 5.52 Å². The highest BCUT2D eigenvalue weighted by Gasteiger charge is 1.97. The summed E-state index contributed by atoms with van der Waals surface area (Å²) in [5.74, 6) is -0.0127. The fourth-order valence-electron chi connectivity index (χ4n) is 1.46. The van der Waals surface area contributed by atoms with Gasteiger partial charge in [-0.2, -0.15) is 0 Å². The number of rotatable bonds is 2. The van der Waals surface area contributed by atoms with Gasteiger partial charge in [0.25, 0.3) is 0 Å². The number of fused-ring (bicyclic) bond motifs is 1. The molecule has 1 amide bonds. The fourth-order valence-corrected chi connectivity index (χ4v) is 1.46. The molecule has 0 radical (unpaired) electrons. The number of benzene rings is 1. The van der Waals surface area contributed by atoms with Crippen LogP contribution in [0.5, 0.6) is 0 Å². The third-order valence-electron chi connectivity index (χ3n) is 2.21. The van der Waals surface area contributed by atoms with Crippen LogP contribution in [-0.2, 0) is 11.3 Å². The Kier molecular flexibility index (Phi) is 2.63. The van der Waals surface area contributed by atoms with Gasteiger partial charge < -0.3 is 5.32 Å². The molecule has 1 heterocycles. The zero-order chi connectivity index (χ0) is 10.7. The lowest BCUT2D eigenvalue weighted by molar-refractivity contribution is -0.119. The summed E-state index contributed by atoms with van der Waals surface area (Å²) in [6.07, 6.45) is 1.77. The van der Waals surface area contributed by atoms with E-state index in [0.29, 0.717) is 6.54 Å². The monoisotopic (exact) mass is 200 g/mol. The maximum absolute atomic E-state index is 10.8. The third kappa shape index (κ3) is 2.31. The van der Waals surface area contributed by atoms with Gasteiger partial charge in [0, 0.05) is 25.1 Å². The lowest BCUT2D eigenvalue weighted by Gasteiger charge is -2.03. The van der Waals surface area contributed by atoms with E-state index in [-0.39, 0.29) is 5.91 Å². The SMILES string of the molecule is CC(=O)NCc1ccc2ncccc2c1. The number of amides is 1. The summed E-state index contributed by atoms with van der Waals surface area (Å²) in [6.45, 7) is 2.09. The van der Waals surface area contributed by atoms with Crippen LogP contribution in [0.25, 0.3) is 10.9 Å². The summed E-state index contributed by atoms with van der Waals surface area (Å²) < 4.78 is 0. The van der Waals surface area contributed by atoms with E-state index in [1.165, 1.54) is 6.92 Å². The van der Waals surface area contributed by atoms with Crippen LogP contribution in [0.2, 0.25) is 0 Å². The van der Waals surface area contributed by atoms with Gasteiger partial charge in [0.15, 0.2) is 0 Å². The van der Waals surface area contributed by atoms with Crippen LogP contribution in [0.4, 0.5) is 0 Å². The Bertz CT molecular complexity index is 494. The van der Waals surface area contributed by atoms with Crippen LogP contribution in [0.3, 0.4) is 0 Å². The average Bonchev–Trinajstić information content (AvgIpc) is 2.26. The Labute approximate surface area is 88.1 Å². The first-order chi connectivity index (χ1) is 7.25. The zero-order valence-electron chi connectivity index (χ0n) is 8.53. The second-order valence-corrected chi connectivity index (χ2v) is 3.44. The van der Waals surface area contributed by atoms with Gasteiger partial charge in [-0.1, -0.05) is 12.1 Å². The van der Waals surface area contributed by atoms with Crippen molar-refractivity contribution in [1.29, 1.82) is 0 Å². The minimum absolute atomic E-state index is 0.0127. The van der Waals surface area contributed by atoms with E-state index in [9.17, 15) is 4.79 Å². The van der Waals surface area contributed by atoms with E-state index < -0.39 is 0 Å². The Morgan fingerprint density at radius 3 is 3.07 bits per heavy atom. The van der Waals surface area contributed by atoms with E-state index in [2.05, 4.69) is 10.3 Å². The standard InChI is InChI=1S/C12H12N2O/c1-9(15)14-8-10-4-5-12-11(7-10)3-2-6-13-12/h2-7H,8H2,1H3,(H,14,15). The topological polar surface area (TPSA) is 42.0 Å². The first kappa shape index (κ1) is 9.65. The predicted molar refractivity (Wildman–Crippen MR) is 59.3 cm³/mol. The largest absolute Gasteiger partial charge is 0.352 e.